The second-order valence-electron chi connectivity index (χ2n) is 3.95. The van der Waals surface area contributed by atoms with Gasteiger partial charge in [0.05, 0.1) is 0 Å². The van der Waals surface area contributed by atoms with E-state index in [0.29, 0.717) is 6.42 Å². The first-order valence-electron chi connectivity index (χ1n) is 6.22. The molecule has 0 spiro atoms. The Bertz CT molecular complexity index is 363. The molecule has 0 unspecified atom stereocenters. The van der Waals surface area contributed by atoms with E-state index in [0.717, 1.165) is 30.8 Å². The van der Waals surface area contributed by atoms with Crippen molar-refractivity contribution in [3.63, 3.8) is 0 Å². The molecule has 1 aromatic rings. The maximum absolute atomic E-state index is 11.9. The van der Waals surface area contributed by atoms with Gasteiger partial charge in [-0.2, -0.15) is 0 Å². The van der Waals surface area contributed by atoms with Gasteiger partial charge in [-0.25, -0.2) is 0 Å². The molecule has 1 rings (SSSR count). The van der Waals surface area contributed by atoms with Crippen LogP contribution in [0.4, 0.5) is 5.69 Å². The summed E-state index contributed by atoms with van der Waals surface area (Å²) >= 11 is 0. The van der Waals surface area contributed by atoms with Crippen molar-refractivity contribution in [2.45, 2.75) is 26.7 Å². The first-order valence-corrected chi connectivity index (χ1v) is 6.22. The fourth-order valence-corrected chi connectivity index (χ4v) is 1.89. The van der Waals surface area contributed by atoms with Gasteiger partial charge in [0.1, 0.15) is 0 Å². The predicted octanol–water partition coefficient (Wildman–Crippen LogP) is 2.49. The first kappa shape index (κ1) is 13.7. The van der Waals surface area contributed by atoms with Crippen LogP contribution in [-0.2, 0) is 0 Å². The number of carbonyl (C=O) groups is 1. The van der Waals surface area contributed by atoms with Crippen molar-refractivity contribution in [1.29, 1.82) is 0 Å². The van der Waals surface area contributed by atoms with Gasteiger partial charge in [-0.15, -0.1) is 0 Å². The molecule has 0 atom stereocenters. The minimum Gasteiger partial charge on any atom is -0.396 e. The molecule has 0 radical (unpaired) electrons. The molecule has 1 N–H and O–H groups in total. The second kappa shape index (κ2) is 7.07. The first-order chi connectivity index (χ1) is 8.24. The fraction of sp³-hybridized carbons (Fsp3) is 0.500. The maximum atomic E-state index is 11.9. The fourth-order valence-electron chi connectivity index (χ4n) is 1.89. The van der Waals surface area contributed by atoms with E-state index in [4.69, 9.17) is 5.11 Å². The van der Waals surface area contributed by atoms with Gasteiger partial charge in [-0.05, 0) is 25.5 Å². The Morgan fingerprint density at radius 1 is 1.29 bits per heavy atom. The summed E-state index contributed by atoms with van der Waals surface area (Å²) in [5.41, 5.74) is 1.77. The molecule has 0 heterocycles. The zero-order valence-electron chi connectivity index (χ0n) is 10.6. The summed E-state index contributed by atoms with van der Waals surface area (Å²) in [6.07, 6.45) is 1.25. The minimum absolute atomic E-state index is 0.169. The number of benzene rings is 1. The molecule has 3 heteroatoms. The molecule has 0 fully saturated rings. The number of nitrogens with zero attached hydrogens (tertiary/aromatic N) is 1. The lowest BCUT2D eigenvalue weighted by Gasteiger charge is -2.25. The smallest absolute Gasteiger partial charge is 0.164 e. The van der Waals surface area contributed by atoms with E-state index in [1.54, 1.807) is 0 Å². The van der Waals surface area contributed by atoms with E-state index in [1.165, 1.54) is 0 Å². The third-order valence-electron chi connectivity index (χ3n) is 2.83. The van der Waals surface area contributed by atoms with Crippen LogP contribution < -0.4 is 4.90 Å². The van der Waals surface area contributed by atoms with Crippen molar-refractivity contribution in [2.75, 3.05) is 24.6 Å². The van der Waals surface area contributed by atoms with Crippen molar-refractivity contribution in [3.8, 4) is 0 Å². The number of hydrogen-bond acceptors (Lipinski definition) is 3. The van der Waals surface area contributed by atoms with Gasteiger partial charge in [0.2, 0.25) is 0 Å². The van der Waals surface area contributed by atoms with Crippen LogP contribution in [0, 0.1) is 0 Å². The Kier molecular flexibility index (Phi) is 5.70. The van der Waals surface area contributed by atoms with E-state index in [1.807, 2.05) is 31.2 Å². The number of aliphatic hydroxyl groups excluding tert-OH is 1. The monoisotopic (exact) mass is 235 g/mol. The molecule has 1 aromatic carbocycles. The average Bonchev–Trinajstić information content (AvgIpc) is 2.39. The number of para-hydroxylation sites is 1. The Hall–Kier alpha value is -1.35. The van der Waals surface area contributed by atoms with Crippen molar-refractivity contribution < 1.29 is 9.90 Å². The van der Waals surface area contributed by atoms with E-state index < -0.39 is 0 Å². The highest BCUT2D eigenvalue weighted by molar-refractivity contribution is 6.01. The summed E-state index contributed by atoms with van der Waals surface area (Å²) in [4.78, 5) is 14.0. The average molecular weight is 235 g/mol. The van der Waals surface area contributed by atoms with Crippen LogP contribution in [0.25, 0.3) is 0 Å². The summed E-state index contributed by atoms with van der Waals surface area (Å²) in [6.45, 7) is 5.74. The molecule has 17 heavy (non-hydrogen) atoms. The summed E-state index contributed by atoms with van der Waals surface area (Å²) in [7, 11) is 0. The molecule has 0 aliphatic heterocycles. The molecular weight excluding hydrogens is 214 g/mol. The van der Waals surface area contributed by atoms with Crippen LogP contribution in [0.3, 0.4) is 0 Å². The lowest BCUT2D eigenvalue weighted by atomic mass is 10.1. The predicted molar refractivity (Wildman–Crippen MR) is 70.7 cm³/mol. The van der Waals surface area contributed by atoms with Crippen molar-refractivity contribution in [1.82, 2.24) is 0 Å². The molecule has 0 amide bonds. The molecule has 0 aliphatic rings. The van der Waals surface area contributed by atoms with Crippen molar-refractivity contribution in [3.05, 3.63) is 29.8 Å². The van der Waals surface area contributed by atoms with Crippen LogP contribution in [0.2, 0.25) is 0 Å². The highest BCUT2D eigenvalue weighted by Gasteiger charge is 2.13. The molecule has 3 nitrogen and oxygen atoms in total. The SMILES string of the molecule is CCC(=O)c1ccccc1N(CC)CCCO. The van der Waals surface area contributed by atoms with Crippen LogP contribution in [0.5, 0.6) is 0 Å². The van der Waals surface area contributed by atoms with Gasteiger partial charge in [-0.3, -0.25) is 4.79 Å². The highest BCUT2D eigenvalue weighted by atomic mass is 16.3. The molecule has 0 saturated heterocycles. The standard InChI is InChI=1S/C14H21NO2/c1-3-14(17)12-8-5-6-9-13(12)15(4-2)10-7-11-16/h5-6,8-9,16H,3-4,7,10-11H2,1-2H3. The number of Topliss-reactive ketones (excluding diaryl/α,β-unsaturated/α-hetero) is 1. The lowest BCUT2D eigenvalue weighted by Crippen LogP contribution is -2.26. The van der Waals surface area contributed by atoms with Crippen LogP contribution in [0.1, 0.15) is 37.0 Å². The summed E-state index contributed by atoms with van der Waals surface area (Å²) in [5, 5.41) is 8.89. The van der Waals surface area contributed by atoms with E-state index in [2.05, 4.69) is 11.8 Å². The zero-order chi connectivity index (χ0) is 12.7. The van der Waals surface area contributed by atoms with Gasteiger partial charge in [-0.1, -0.05) is 19.1 Å². The Morgan fingerprint density at radius 3 is 2.59 bits per heavy atom. The van der Waals surface area contributed by atoms with E-state index in [9.17, 15) is 4.79 Å². The molecular formula is C14H21NO2. The zero-order valence-corrected chi connectivity index (χ0v) is 10.6. The molecule has 0 aliphatic carbocycles. The number of anilines is 1. The summed E-state index contributed by atoms with van der Waals surface area (Å²) in [6, 6.07) is 7.70. The minimum atomic E-state index is 0.169. The van der Waals surface area contributed by atoms with Gasteiger partial charge < -0.3 is 10.0 Å². The highest BCUT2D eigenvalue weighted by Crippen LogP contribution is 2.21. The second-order valence-corrected chi connectivity index (χ2v) is 3.95. The van der Waals surface area contributed by atoms with Gasteiger partial charge in [0, 0.05) is 37.4 Å². The normalized spacial score (nSPS) is 10.3. The Balaban J connectivity index is 2.97. The third-order valence-corrected chi connectivity index (χ3v) is 2.83. The molecule has 94 valence electrons. The Morgan fingerprint density at radius 2 is 2.00 bits per heavy atom. The third kappa shape index (κ3) is 3.56. The quantitative estimate of drug-likeness (QED) is 0.738. The van der Waals surface area contributed by atoms with Crippen LogP contribution in [0.15, 0.2) is 24.3 Å². The van der Waals surface area contributed by atoms with E-state index in [-0.39, 0.29) is 12.4 Å². The lowest BCUT2D eigenvalue weighted by molar-refractivity contribution is 0.0988. The number of hydrogen-bond donors (Lipinski definition) is 1. The number of aliphatic hydroxyl groups is 1. The van der Waals surface area contributed by atoms with Crippen LogP contribution in [-0.4, -0.2) is 30.6 Å². The molecule has 0 aromatic heterocycles. The number of carbonyl (C=O) groups excluding carboxylic acids is 1. The van der Waals surface area contributed by atoms with Gasteiger partial charge in [0.25, 0.3) is 0 Å². The van der Waals surface area contributed by atoms with Crippen molar-refractivity contribution in [2.24, 2.45) is 0 Å². The number of ketones is 1. The van der Waals surface area contributed by atoms with Crippen LogP contribution >= 0.6 is 0 Å². The topological polar surface area (TPSA) is 40.5 Å². The van der Waals surface area contributed by atoms with Gasteiger partial charge in [0.15, 0.2) is 5.78 Å². The Labute approximate surface area is 103 Å². The van der Waals surface area contributed by atoms with Gasteiger partial charge >= 0.3 is 0 Å². The largest absolute Gasteiger partial charge is 0.396 e. The maximum Gasteiger partial charge on any atom is 0.164 e. The van der Waals surface area contributed by atoms with E-state index >= 15 is 0 Å². The van der Waals surface area contributed by atoms with Crippen molar-refractivity contribution >= 4 is 11.5 Å². The summed E-state index contributed by atoms with van der Waals surface area (Å²) < 4.78 is 0. The summed E-state index contributed by atoms with van der Waals surface area (Å²) in [5.74, 6) is 0.169. The molecule has 0 saturated carbocycles. The molecule has 0 bridgehead atoms. The number of rotatable bonds is 7.